The fourth-order valence-electron chi connectivity index (χ4n) is 8.84. The van der Waals surface area contributed by atoms with E-state index >= 15 is 0 Å². The fraction of sp³-hybridized carbons (Fsp3) is 0.0200. The van der Waals surface area contributed by atoms with Gasteiger partial charge in [-0.05, 0) is 120 Å². The van der Waals surface area contributed by atoms with E-state index in [4.69, 9.17) is 6.57 Å². The van der Waals surface area contributed by atoms with Crippen LogP contribution in [0.3, 0.4) is 0 Å². The number of aromatic nitrogens is 2. The first-order valence-corrected chi connectivity index (χ1v) is 20.1. The van der Waals surface area contributed by atoms with Gasteiger partial charge in [0.2, 0.25) is 0 Å². The summed E-state index contributed by atoms with van der Waals surface area (Å²) in [7, 11) is 0. The third-order valence-electron chi connectivity index (χ3n) is 11.4. The van der Waals surface area contributed by atoms with Gasteiger partial charge in [-0.1, -0.05) is 66.2 Å². The van der Waals surface area contributed by atoms with Crippen LogP contribution in [0.1, 0.15) is 5.56 Å². The Morgan fingerprint density at radius 2 is 0.855 bits per heavy atom. The molecule has 0 aliphatic carbocycles. The lowest BCUT2D eigenvalue weighted by Crippen LogP contribution is -1.93. The second-order valence-corrected chi connectivity index (χ2v) is 16.7. The summed E-state index contributed by atoms with van der Waals surface area (Å²) in [5.41, 5.74) is 11.4. The Bertz CT molecular complexity index is 3640. The Morgan fingerprint density at radius 3 is 1.40 bits per heavy atom. The fourth-order valence-corrected chi connectivity index (χ4v) is 11.0. The van der Waals surface area contributed by atoms with Crippen LogP contribution >= 0.6 is 22.7 Å². The van der Waals surface area contributed by atoms with E-state index in [2.05, 4.69) is 166 Å². The Morgan fingerprint density at radius 1 is 0.400 bits per heavy atom. The molecule has 8 aromatic carbocycles. The lowest BCUT2D eigenvalue weighted by atomic mass is 10.0. The predicted molar refractivity (Wildman–Crippen MR) is 237 cm³/mol. The van der Waals surface area contributed by atoms with Crippen LogP contribution in [0.2, 0.25) is 0 Å². The van der Waals surface area contributed by atoms with Crippen LogP contribution in [-0.2, 0) is 0 Å². The maximum Gasteiger partial charge on any atom is 0.188 e. The van der Waals surface area contributed by atoms with Crippen molar-refractivity contribution in [2.45, 2.75) is 6.92 Å². The number of rotatable bonds is 3. The van der Waals surface area contributed by atoms with Gasteiger partial charge in [-0.25, -0.2) is 4.85 Å². The van der Waals surface area contributed by atoms with Gasteiger partial charge in [0, 0.05) is 67.9 Å². The van der Waals surface area contributed by atoms with Crippen LogP contribution in [0, 0.1) is 13.5 Å². The molecule has 0 amide bonds. The SMILES string of the molecule is [C-]#[N+]c1ccc2c(c1)c1ccccc1n2-c1ccc2sc3ccc(-c4ccc5sc6ccc(-n7c8ccccc8c8cc(C)ccc87)cc6c5c4)cc3c2c1. The van der Waals surface area contributed by atoms with Gasteiger partial charge in [-0.2, -0.15) is 0 Å². The molecule has 12 aromatic rings. The molecule has 0 spiro atoms. The molecule has 5 heteroatoms. The number of nitrogens with zero attached hydrogens (tertiary/aromatic N) is 3. The summed E-state index contributed by atoms with van der Waals surface area (Å²) in [6.07, 6.45) is 0. The van der Waals surface area contributed by atoms with Gasteiger partial charge in [0.15, 0.2) is 5.69 Å². The summed E-state index contributed by atoms with van der Waals surface area (Å²) >= 11 is 3.71. The number of aryl methyl sites for hydroxylation is 1. The molecule has 55 heavy (non-hydrogen) atoms. The highest BCUT2D eigenvalue weighted by molar-refractivity contribution is 7.26. The van der Waals surface area contributed by atoms with Gasteiger partial charge < -0.3 is 9.13 Å². The van der Waals surface area contributed by atoms with E-state index in [1.54, 1.807) is 0 Å². The molecule has 0 aliphatic rings. The van der Waals surface area contributed by atoms with Crippen LogP contribution in [0.5, 0.6) is 0 Å². The molecule has 3 nitrogen and oxygen atoms in total. The van der Waals surface area contributed by atoms with Crippen molar-refractivity contribution in [2.24, 2.45) is 0 Å². The van der Waals surface area contributed by atoms with Crippen LogP contribution in [0.15, 0.2) is 158 Å². The first kappa shape index (κ1) is 30.7. The largest absolute Gasteiger partial charge is 0.309 e. The quantitative estimate of drug-likeness (QED) is 0.160. The Hall–Kier alpha value is -6.71. The minimum absolute atomic E-state index is 0.662. The number of para-hydroxylation sites is 2. The Labute approximate surface area is 324 Å². The van der Waals surface area contributed by atoms with E-state index in [1.807, 2.05) is 34.8 Å². The maximum absolute atomic E-state index is 7.60. The molecule has 0 saturated carbocycles. The Balaban J connectivity index is 1.01. The lowest BCUT2D eigenvalue weighted by Gasteiger charge is -2.09. The number of hydrogen-bond donors (Lipinski definition) is 0. The summed E-state index contributed by atoms with van der Waals surface area (Å²) in [5, 5.41) is 9.96. The Kier molecular flexibility index (Phi) is 6.37. The van der Waals surface area contributed by atoms with Gasteiger partial charge in [0.05, 0.1) is 28.6 Å². The zero-order chi connectivity index (χ0) is 36.4. The van der Waals surface area contributed by atoms with Gasteiger partial charge in [-0.3, -0.25) is 0 Å². The number of fused-ring (bicyclic) bond motifs is 12. The monoisotopic (exact) mass is 735 g/mol. The van der Waals surface area contributed by atoms with Crippen LogP contribution < -0.4 is 0 Å². The minimum Gasteiger partial charge on any atom is -0.309 e. The molecule has 4 heterocycles. The molecule has 12 rings (SSSR count). The van der Waals surface area contributed by atoms with Gasteiger partial charge in [0.1, 0.15) is 0 Å². The van der Waals surface area contributed by atoms with Crippen LogP contribution in [-0.4, -0.2) is 9.13 Å². The second kappa shape index (κ2) is 11.4. The summed E-state index contributed by atoms with van der Waals surface area (Å²) in [4.78, 5) is 3.72. The summed E-state index contributed by atoms with van der Waals surface area (Å²) in [5.74, 6) is 0. The molecule has 0 aliphatic heterocycles. The van der Waals surface area contributed by atoms with Crippen molar-refractivity contribution >= 4 is 112 Å². The standard InChI is InChI=1S/C50H29N3S2/c1-29-11-17-45-37(23-29)35-7-3-5-9-43(35)52(45)33-15-21-49-41(27-33)39-24-30(12-19-47(39)54-49)31-13-20-48-40(25-31)42-28-34(16-22-50(42)55-48)53-44-10-6-4-8-36(44)38-26-32(51-2)14-18-46(38)53/h3-28H,1H3. The first-order valence-electron chi connectivity index (χ1n) is 18.4. The summed E-state index contributed by atoms with van der Waals surface area (Å²) < 4.78 is 9.93. The average Bonchev–Trinajstić information content (AvgIpc) is 3.97. The number of hydrogen-bond acceptors (Lipinski definition) is 2. The molecule has 0 radical (unpaired) electrons. The van der Waals surface area contributed by atoms with Crippen molar-refractivity contribution in [3.8, 4) is 22.5 Å². The zero-order valence-electron chi connectivity index (χ0n) is 29.7. The molecular formula is C50H29N3S2. The van der Waals surface area contributed by atoms with E-state index in [-0.39, 0.29) is 0 Å². The van der Waals surface area contributed by atoms with Gasteiger partial charge in [0.25, 0.3) is 0 Å². The lowest BCUT2D eigenvalue weighted by molar-refractivity contribution is 1.19. The van der Waals surface area contributed by atoms with E-state index in [1.165, 1.54) is 84.5 Å². The predicted octanol–water partition coefficient (Wildman–Crippen LogP) is 15.1. The van der Waals surface area contributed by atoms with Gasteiger partial charge >= 0.3 is 0 Å². The van der Waals surface area contributed by atoms with E-state index in [0.29, 0.717) is 5.69 Å². The zero-order valence-corrected chi connectivity index (χ0v) is 31.3. The molecule has 0 bridgehead atoms. The topological polar surface area (TPSA) is 14.2 Å². The van der Waals surface area contributed by atoms with E-state index in [0.717, 1.165) is 27.5 Å². The molecule has 0 saturated heterocycles. The number of benzene rings is 8. The maximum atomic E-state index is 7.60. The molecule has 256 valence electrons. The summed E-state index contributed by atoms with van der Waals surface area (Å²) in [6, 6.07) is 57.8. The van der Waals surface area contributed by atoms with Crippen molar-refractivity contribution < 1.29 is 0 Å². The van der Waals surface area contributed by atoms with Crippen molar-refractivity contribution in [2.75, 3.05) is 0 Å². The second-order valence-electron chi connectivity index (χ2n) is 14.5. The molecule has 4 aromatic heterocycles. The smallest absolute Gasteiger partial charge is 0.188 e. The molecule has 0 unspecified atom stereocenters. The highest BCUT2D eigenvalue weighted by Gasteiger charge is 2.17. The molecule has 0 atom stereocenters. The number of thiophene rings is 2. The molecule has 0 fully saturated rings. The van der Waals surface area contributed by atoms with Crippen LogP contribution in [0.25, 0.3) is 111 Å². The van der Waals surface area contributed by atoms with E-state index in [9.17, 15) is 0 Å². The molecular weight excluding hydrogens is 707 g/mol. The average molecular weight is 736 g/mol. The van der Waals surface area contributed by atoms with Crippen molar-refractivity contribution in [1.82, 2.24) is 9.13 Å². The normalized spacial score (nSPS) is 12.1. The highest BCUT2D eigenvalue weighted by atomic mass is 32.1. The van der Waals surface area contributed by atoms with Gasteiger partial charge in [-0.15, -0.1) is 22.7 Å². The van der Waals surface area contributed by atoms with Crippen LogP contribution in [0.4, 0.5) is 5.69 Å². The molecule has 0 N–H and O–H groups in total. The summed E-state index contributed by atoms with van der Waals surface area (Å²) in [6.45, 7) is 9.77. The third kappa shape index (κ3) is 4.47. The van der Waals surface area contributed by atoms with Crippen molar-refractivity contribution in [3.05, 3.63) is 175 Å². The minimum atomic E-state index is 0.662. The van der Waals surface area contributed by atoms with Crippen molar-refractivity contribution in [3.63, 3.8) is 0 Å². The third-order valence-corrected chi connectivity index (χ3v) is 13.7. The first-order chi connectivity index (χ1) is 27.1. The highest BCUT2D eigenvalue weighted by Crippen LogP contribution is 2.43. The van der Waals surface area contributed by atoms with E-state index < -0.39 is 0 Å². The van der Waals surface area contributed by atoms with Crippen molar-refractivity contribution in [1.29, 1.82) is 0 Å².